The standard InChI is InChI=1S/C7H13NO/c1-4-6(3)7(9)8-5-2/h5-6H,2,4H2,1,3H3,(H,8,9). The van der Waals surface area contributed by atoms with Gasteiger partial charge in [0, 0.05) is 5.92 Å². The zero-order valence-electron chi connectivity index (χ0n) is 5.98. The van der Waals surface area contributed by atoms with Crippen molar-refractivity contribution < 1.29 is 4.79 Å². The van der Waals surface area contributed by atoms with Crippen molar-refractivity contribution in [3.63, 3.8) is 0 Å². The van der Waals surface area contributed by atoms with E-state index in [1.807, 2.05) is 13.8 Å². The molecule has 0 heterocycles. The SMILES string of the molecule is C=CNC(=O)C(C)CC. The Morgan fingerprint density at radius 3 is 2.78 bits per heavy atom. The molecule has 0 aliphatic carbocycles. The topological polar surface area (TPSA) is 29.1 Å². The van der Waals surface area contributed by atoms with E-state index in [1.54, 1.807) is 0 Å². The Hall–Kier alpha value is -0.790. The second kappa shape index (κ2) is 4.13. The Labute approximate surface area is 56.0 Å². The van der Waals surface area contributed by atoms with Gasteiger partial charge in [-0.3, -0.25) is 4.79 Å². The summed E-state index contributed by atoms with van der Waals surface area (Å²) in [5, 5.41) is 2.52. The molecular formula is C7H13NO. The van der Waals surface area contributed by atoms with Crippen LogP contribution in [0.4, 0.5) is 0 Å². The van der Waals surface area contributed by atoms with Crippen LogP contribution in [0.2, 0.25) is 0 Å². The van der Waals surface area contributed by atoms with Crippen LogP contribution in [0.3, 0.4) is 0 Å². The van der Waals surface area contributed by atoms with E-state index in [1.165, 1.54) is 6.20 Å². The molecule has 2 nitrogen and oxygen atoms in total. The predicted octanol–water partition coefficient (Wildman–Crippen LogP) is 1.29. The molecule has 1 amide bonds. The fourth-order valence-electron chi connectivity index (χ4n) is 0.428. The highest BCUT2D eigenvalue weighted by molar-refractivity contribution is 5.78. The first-order chi connectivity index (χ1) is 4.22. The first-order valence-electron chi connectivity index (χ1n) is 3.13. The molecule has 0 radical (unpaired) electrons. The van der Waals surface area contributed by atoms with Crippen LogP contribution < -0.4 is 5.32 Å². The summed E-state index contributed by atoms with van der Waals surface area (Å²) < 4.78 is 0. The lowest BCUT2D eigenvalue weighted by atomic mass is 10.1. The number of carbonyl (C=O) groups excluding carboxylic acids is 1. The monoisotopic (exact) mass is 127 g/mol. The van der Waals surface area contributed by atoms with E-state index in [0.717, 1.165) is 6.42 Å². The molecular weight excluding hydrogens is 114 g/mol. The Bertz CT molecular complexity index is 109. The lowest BCUT2D eigenvalue weighted by Gasteiger charge is -2.04. The molecule has 0 aliphatic rings. The molecule has 0 aromatic heterocycles. The first-order valence-corrected chi connectivity index (χ1v) is 3.13. The average Bonchev–Trinajstić information content (AvgIpc) is 1.87. The van der Waals surface area contributed by atoms with Gasteiger partial charge in [0.2, 0.25) is 5.91 Å². The molecule has 0 bridgehead atoms. The lowest BCUT2D eigenvalue weighted by molar-refractivity contribution is -0.123. The van der Waals surface area contributed by atoms with E-state index in [0.29, 0.717) is 0 Å². The van der Waals surface area contributed by atoms with E-state index in [-0.39, 0.29) is 11.8 Å². The predicted molar refractivity (Wildman–Crippen MR) is 37.8 cm³/mol. The second-order valence-corrected chi connectivity index (χ2v) is 2.02. The van der Waals surface area contributed by atoms with E-state index in [9.17, 15) is 4.79 Å². The van der Waals surface area contributed by atoms with Crippen molar-refractivity contribution in [3.8, 4) is 0 Å². The minimum absolute atomic E-state index is 0.0486. The minimum Gasteiger partial charge on any atom is -0.333 e. The van der Waals surface area contributed by atoms with Crippen LogP contribution in [0.5, 0.6) is 0 Å². The maximum absolute atomic E-state index is 10.8. The smallest absolute Gasteiger partial charge is 0.226 e. The molecule has 0 saturated heterocycles. The summed E-state index contributed by atoms with van der Waals surface area (Å²) in [6.07, 6.45) is 2.29. The lowest BCUT2D eigenvalue weighted by Crippen LogP contribution is -2.23. The summed E-state index contributed by atoms with van der Waals surface area (Å²) in [4.78, 5) is 10.8. The second-order valence-electron chi connectivity index (χ2n) is 2.02. The van der Waals surface area contributed by atoms with Gasteiger partial charge in [-0.1, -0.05) is 20.4 Å². The molecule has 0 spiro atoms. The van der Waals surface area contributed by atoms with Crippen LogP contribution in [-0.2, 0) is 4.79 Å². The van der Waals surface area contributed by atoms with Crippen LogP contribution in [0, 0.1) is 5.92 Å². The van der Waals surface area contributed by atoms with E-state index in [4.69, 9.17) is 0 Å². The maximum Gasteiger partial charge on any atom is 0.226 e. The van der Waals surface area contributed by atoms with Crippen molar-refractivity contribution in [1.82, 2.24) is 5.32 Å². The van der Waals surface area contributed by atoms with Gasteiger partial charge in [-0.2, -0.15) is 0 Å². The van der Waals surface area contributed by atoms with Crippen LogP contribution in [0.25, 0.3) is 0 Å². The Kier molecular flexibility index (Phi) is 3.76. The van der Waals surface area contributed by atoms with Crippen molar-refractivity contribution in [2.45, 2.75) is 20.3 Å². The first kappa shape index (κ1) is 8.21. The number of hydrogen-bond donors (Lipinski definition) is 1. The zero-order chi connectivity index (χ0) is 7.28. The van der Waals surface area contributed by atoms with Crippen LogP contribution in [0.15, 0.2) is 12.8 Å². The fourth-order valence-corrected chi connectivity index (χ4v) is 0.428. The fraction of sp³-hybridized carbons (Fsp3) is 0.571. The van der Waals surface area contributed by atoms with Crippen LogP contribution in [0.1, 0.15) is 20.3 Å². The van der Waals surface area contributed by atoms with Gasteiger partial charge in [0.05, 0.1) is 0 Å². The number of amides is 1. The van der Waals surface area contributed by atoms with Gasteiger partial charge in [-0.15, -0.1) is 0 Å². The third kappa shape index (κ3) is 2.90. The van der Waals surface area contributed by atoms with Crippen molar-refractivity contribution in [3.05, 3.63) is 12.8 Å². The van der Waals surface area contributed by atoms with Crippen molar-refractivity contribution in [1.29, 1.82) is 0 Å². The maximum atomic E-state index is 10.8. The largest absolute Gasteiger partial charge is 0.333 e. The van der Waals surface area contributed by atoms with Gasteiger partial charge in [0.1, 0.15) is 0 Å². The number of rotatable bonds is 3. The molecule has 0 aromatic carbocycles. The summed E-state index contributed by atoms with van der Waals surface area (Å²) >= 11 is 0. The molecule has 52 valence electrons. The summed E-state index contributed by atoms with van der Waals surface area (Å²) in [6, 6.07) is 0. The van der Waals surface area contributed by atoms with E-state index in [2.05, 4.69) is 11.9 Å². The minimum atomic E-state index is 0.0486. The van der Waals surface area contributed by atoms with Crippen LogP contribution in [-0.4, -0.2) is 5.91 Å². The number of hydrogen-bond acceptors (Lipinski definition) is 1. The summed E-state index contributed by atoms with van der Waals surface area (Å²) in [6.45, 7) is 7.25. The van der Waals surface area contributed by atoms with E-state index < -0.39 is 0 Å². The van der Waals surface area contributed by atoms with Gasteiger partial charge in [-0.25, -0.2) is 0 Å². The average molecular weight is 127 g/mol. The van der Waals surface area contributed by atoms with Crippen molar-refractivity contribution >= 4 is 5.91 Å². The molecule has 0 fully saturated rings. The van der Waals surface area contributed by atoms with Crippen molar-refractivity contribution in [2.75, 3.05) is 0 Å². The van der Waals surface area contributed by atoms with Crippen molar-refractivity contribution in [2.24, 2.45) is 5.92 Å². The van der Waals surface area contributed by atoms with E-state index >= 15 is 0 Å². The summed E-state index contributed by atoms with van der Waals surface area (Å²) in [7, 11) is 0. The third-order valence-corrected chi connectivity index (χ3v) is 1.30. The normalized spacial score (nSPS) is 12.2. The van der Waals surface area contributed by atoms with Gasteiger partial charge in [-0.05, 0) is 12.6 Å². The molecule has 0 saturated carbocycles. The van der Waals surface area contributed by atoms with Crippen LogP contribution >= 0.6 is 0 Å². The zero-order valence-corrected chi connectivity index (χ0v) is 5.98. The molecule has 1 atom stereocenters. The molecule has 1 N–H and O–H groups in total. The Morgan fingerprint density at radius 2 is 2.44 bits per heavy atom. The highest BCUT2D eigenvalue weighted by Gasteiger charge is 2.06. The number of carbonyl (C=O) groups is 1. The van der Waals surface area contributed by atoms with Gasteiger partial charge >= 0.3 is 0 Å². The van der Waals surface area contributed by atoms with Gasteiger partial charge < -0.3 is 5.32 Å². The Balaban J connectivity index is 3.58. The molecule has 0 rings (SSSR count). The molecule has 9 heavy (non-hydrogen) atoms. The number of nitrogens with one attached hydrogen (secondary N) is 1. The summed E-state index contributed by atoms with van der Waals surface area (Å²) in [5.74, 6) is 0.149. The highest BCUT2D eigenvalue weighted by atomic mass is 16.1. The molecule has 0 aliphatic heterocycles. The third-order valence-electron chi connectivity index (χ3n) is 1.30. The molecule has 0 aromatic rings. The van der Waals surface area contributed by atoms with Gasteiger partial charge in [0.25, 0.3) is 0 Å². The molecule has 1 unspecified atom stereocenters. The Morgan fingerprint density at radius 1 is 1.89 bits per heavy atom. The quantitative estimate of drug-likeness (QED) is 0.608. The summed E-state index contributed by atoms with van der Waals surface area (Å²) in [5.41, 5.74) is 0. The molecule has 2 heteroatoms. The van der Waals surface area contributed by atoms with Gasteiger partial charge in [0.15, 0.2) is 0 Å². The highest BCUT2D eigenvalue weighted by Crippen LogP contribution is 1.98.